The topological polar surface area (TPSA) is 59.6 Å². The van der Waals surface area contributed by atoms with Crippen LogP contribution in [-0.2, 0) is 14.3 Å². The van der Waals surface area contributed by atoms with E-state index in [0.717, 1.165) is 18.7 Å². The molecule has 0 saturated heterocycles. The van der Waals surface area contributed by atoms with Gasteiger partial charge in [-0.3, -0.25) is 4.79 Å². The van der Waals surface area contributed by atoms with Gasteiger partial charge in [-0.2, -0.15) is 0 Å². The van der Waals surface area contributed by atoms with Crippen molar-refractivity contribution < 1.29 is 14.3 Å². The molecule has 0 fully saturated rings. The fourth-order valence-electron chi connectivity index (χ4n) is 1.33. The fourth-order valence-corrected chi connectivity index (χ4v) is 3.73. The molecule has 0 radical (unpaired) electrons. The highest BCUT2D eigenvalue weighted by Gasteiger charge is 2.07. The van der Waals surface area contributed by atoms with E-state index in [1.807, 2.05) is 20.9 Å². The molecule has 0 rings (SSSR count). The average Bonchev–Trinajstić information content (AvgIpc) is 2.53. The van der Waals surface area contributed by atoms with Gasteiger partial charge in [0.25, 0.3) is 0 Å². The van der Waals surface area contributed by atoms with Gasteiger partial charge in [0, 0.05) is 18.2 Å². The molecule has 1 unspecified atom stereocenters. The summed E-state index contributed by atoms with van der Waals surface area (Å²) in [6.07, 6.45) is 0.951. The lowest BCUT2D eigenvalue weighted by Gasteiger charge is -2.14. The first-order valence-corrected chi connectivity index (χ1v) is 10.4. The molecule has 0 aliphatic carbocycles. The molecule has 1 atom stereocenters. The molecule has 0 bridgehead atoms. The molecule has 0 aromatic heterocycles. The van der Waals surface area contributed by atoms with Crippen LogP contribution in [0.1, 0.15) is 27.2 Å². The maximum Gasteiger partial charge on any atom is 0.246 e. The van der Waals surface area contributed by atoms with Gasteiger partial charge in [0.05, 0.1) is 19.8 Å². The van der Waals surface area contributed by atoms with Crippen molar-refractivity contribution in [1.82, 2.24) is 10.6 Å². The molecule has 0 spiro atoms. The molecule has 0 saturated carbocycles. The minimum Gasteiger partial charge on any atom is -0.369 e. The molecule has 7 heteroatoms. The second kappa shape index (κ2) is 16.5. The third-order valence-corrected chi connectivity index (χ3v) is 5.22. The largest absolute Gasteiger partial charge is 0.369 e. The van der Waals surface area contributed by atoms with Gasteiger partial charge in [-0.15, -0.1) is 0 Å². The molecule has 134 valence electrons. The third-order valence-electron chi connectivity index (χ3n) is 2.47. The normalized spacial score (nSPS) is 11.9. The van der Waals surface area contributed by atoms with Crippen molar-refractivity contribution in [1.29, 1.82) is 0 Å². The van der Waals surface area contributed by atoms with Crippen LogP contribution < -0.4 is 10.6 Å². The van der Waals surface area contributed by atoms with Crippen molar-refractivity contribution in [2.45, 2.75) is 32.6 Å². The number of hydrogen-bond donors (Lipinski definition) is 2. The van der Waals surface area contributed by atoms with E-state index in [9.17, 15) is 4.79 Å². The lowest BCUT2D eigenvalue weighted by Crippen LogP contribution is -2.28. The Morgan fingerprint density at radius 1 is 1.30 bits per heavy atom. The van der Waals surface area contributed by atoms with Gasteiger partial charge in [0.1, 0.15) is 12.0 Å². The number of carbonyl (C=O) groups excluding carboxylic acids is 1. The van der Waals surface area contributed by atoms with E-state index in [-0.39, 0.29) is 18.0 Å². The highest BCUT2D eigenvalue weighted by Crippen LogP contribution is 2.28. The summed E-state index contributed by atoms with van der Waals surface area (Å²) in [7, 11) is 5.50. The van der Waals surface area contributed by atoms with Crippen LogP contribution in [0.15, 0.2) is 0 Å². The van der Waals surface area contributed by atoms with Gasteiger partial charge in [-0.05, 0) is 13.5 Å². The minimum atomic E-state index is -0.146. The van der Waals surface area contributed by atoms with E-state index in [1.165, 1.54) is 0 Å². The first-order valence-electron chi connectivity index (χ1n) is 7.97. The van der Waals surface area contributed by atoms with Crippen LogP contribution in [-0.4, -0.2) is 57.1 Å². The summed E-state index contributed by atoms with van der Waals surface area (Å²) in [5, 5.41) is 5.81. The van der Waals surface area contributed by atoms with Gasteiger partial charge in [0.2, 0.25) is 5.91 Å². The van der Waals surface area contributed by atoms with E-state index >= 15 is 0 Å². The number of nitrogens with one attached hydrogen (secondary N) is 2. The van der Waals surface area contributed by atoms with Crippen LogP contribution in [0.5, 0.6) is 0 Å². The van der Waals surface area contributed by atoms with Crippen molar-refractivity contribution in [2.75, 3.05) is 45.7 Å². The maximum atomic E-state index is 11.5. The Morgan fingerprint density at radius 3 is 2.74 bits per heavy atom. The zero-order chi connectivity index (χ0) is 17.3. The zero-order valence-electron chi connectivity index (χ0n) is 14.6. The second-order valence-electron chi connectivity index (χ2n) is 5.04. The Bertz CT molecular complexity index is 357. The lowest BCUT2D eigenvalue weighted by molar-refractivity contribution is -0.126. The number of hydrogen-bond acceptors (Lipinski definition) is 6. The first kappa shape index (κ1) is 22.6. The minimum absolute atomic E-state index is 0.0492. The summed E-state index contributed by atoms with van der Waals surface area (Å²) in [5.74, 6) is 7.11. The Labute approximate surface area is 148 Å². The maximum absolute atomic E-state index is 11.5. The Balaban J connectivity index is 3.55. The summed E-state index contributed by atoms with van der Waals surface area (Å²) in [6.45, 7) is 8.46. The van der Waals surface area contributed by atoms with Gasteiger partial charge < -0.3 is 20.1 Å². The summed E-state index contributed by atoms with van der Waals surface area (Å²) in [5.41, 5.74) is 0.167. The standard InChI is InChI=1S/C16H30N2O3S2/c1-5-16(23-22-12-9-17-4)21-11-10-20-13-15(19)18-8-6-7-14(2)3/h14,16-17H,5,8-13H2,1-4H3,(H,18,19). The van der Waals surface area contributed by atoms with Crippen LogP contribution in [0.4, 0.5) is 0 Å². The molecule has 0 aliphatic heterocycles. The van der Waals surface area contributed by atoms with Gasteiger partial charge in [-0.1, -0.05) is 54.2 Å². The predicted octanol–water partition coefficient (Wildman–Crippen LogP) is 2.13. The second-order valence-corrected chi connectivity index (χ2v) is 7.68. The Hall–Kier alpha value is -0.390. The van der Waals surface area contributed by atoms with Crippen molar-refractivity contribution in [3.8, 4) is 11.8 Å². The monoisotopic (exact) mass is 362 g/mol. The number of carbonyl (C=O) groups is 1. The molecular formula is C16H30N2O3S2. The van der Waals surface area contributed by atoms with Gasteiger partial charge in [0.15, 0.2) is 0 Å². The SMILES string of the molecule is CCC(OCCOCC(=O)NCC#CC(C)C)SSCCNC. The number of ether oxygens (including phenoxy) is 2. The van der Waals surface area contributed by atoms with Crippen molar-refractivity contribution in [3.63, 3.8) is 0 Å². The first-order chi connectivity index (χ1) is 11.1. The van der Waals surface area contributed by atoms with Crippen LogP contribution in [0.25, 0.3) is 0 Å². The van der Waals surface area contributed by atoms with Crippen molar-refractivity contribution in [2.24, 2.45) is 5.92 Å². The van der Waals surface area contributed by atoms with E-state index in [4.69, 9.17) is 9.47 Å². The van der Waals surface area contributed by atoms with Gasteiger partial charge >= 0.3 is 0 Å². The molecule has 0 aromatic carbocycles. The highest BCUT2D eigenvalue weighted by molar-refractivity contribution is 8.76. The summed E-state index contributed by atoms with van der Waals surface area (Å²) >= 11 is 0. The highest BCUT2D eigenvalue weighted by atomic mass is 33.1. The molecule has 23 heavy (non-hydrogen) atoms. The Kier molecular flexibility index (Phi) is 16.2. The molecule has 1 amide bonds. The predicted molar refractivity (Wildman–Crippen MR) is 100 cm³/mol. The summed E-state index contributed by atoms with van der Waals surface area (Å²) in [6, 6.07) is 0. The molecular weight excluding hydrogens is 332 g/mol. The third kappa shape index (κ3) is 16.3. The van der Waals surface area contributed by atoms with E-state index in [0.29, 0.717) is 25.7 Å². The van der Waals surface area contributed by atoms with Crippen LogP contribution in [0.2, 0.25) is 0 Å². The van der Waals surface area contributed by atoms with Crippen LogP contribution in [0.3, 0.4) is 0 Å². The summed E-state index contributed by atoms with van der Waals surface area (Å²) in [4.78, 5) is 11.5. The quantitative estimate of drug-likeness (QED) is 0.227. The molecule has 0 heterocycles. The lowest BCUT2D eigenvalue weighted by atomic mass is 10.2. The molecule has 0 aliphatic rings. The van der Waals surface area contributed by atoms with E-state index < -0.39 is 0 Å². The summed E-state index contributed by atoms with van der Waals surface area (Å²) < 4.78 is 11.0. The smallest absolute Gasteiger partial charge is 0.246 e. The molecule has 0 aromatic rings. The number of rotatable bonds is 13. The fraction of sp³-hybridized carbons (Fsp3) is 0.812. The van der Waals surface area contributed by atoms with Crippen LogP contribution >= 0.6 is 21.6 Å². The van der Waals surface area contributed by atoms with E-state index in [2.05, 4.69) is 29.4 Å². The zero-order valence-corrected chi connectivity index (χ0v) is 16.3. The molecule has 5 nitrogen and oxygen atoms in total. The van der Waals surface area contributed by atoms with Gasteiger partial charge in [-0.25, -0.2) is 0 Å². The molecule has 2 N–H and O–H groups in total. The number of amides is 1. The van der Waals surface area contributed by atoms with Crippen molar-refractivity contribution in [3.05, 3.63) is 0 Å². The van der Waals surface area contributed by atoms with Crippen molar-refractivity contribution >= 4 is 27.5 Å². The Morgan fingerprint density at radius 2 is 2.09 bits per heavy atom. The van der Waals surface area contributed by atoms with E-state index in [1.54, 1.807) is 21.6 Å². The van der Waals surface area contributed by atoms with Crippen LogP contribution in [0, 0.1) is 17.8 Å². The average molecular weight is 363 g/mol.